The van der Waals surface area contributed by atoms with Gasteiger partial charge in [-0.25, -0.2) is 0 Å². The Morgan fingerprint density at radius 1 is 1.42 bits per heavy atom. The molecule has 3 N–H and O–H groups in total. The largest absolute Gasteiger partial charge is 0.388 e. The van der Waals surface area contributed by atoms with E-state index in [0.29, 0.717) is 6.54 Å². The zero-order valence-electron chi connectivity index (χ0n) is 14.2. The van der Waals surface area contributed by atoms with Crippen molar-refractivity contribution in [3.63, 3.8) is 0 Å². The standard InChI is InChI=1S/C17H22N6O/c1-11(24)23-7-6-16-14(10-23)17(21-22(16)3)20-13-4-5-15(19-2)12(8-13)9-18/h4-5,8-9,18-19H,6-7,10H2,1-3H3,(H,20,21). The first-order chi connectivity index (χ1) is 11.5. The van der Waals surface area contributed by atoms with Gasteiger partial charge in [0.25, 0.3) is 0 Å². The summed E-state index contributed by atoms with van der Waals surface area (Å²) < 4.78 is 1.88. The fourth-order valence-electron chi connectivity index (χ4n) is 3.09. The lowest BCUT2D eigenvalue weighted by Crippen LogP contribution is -2.34. The third-order valence-electron chi connectivity index (χ3n) is 4.43. The van der Waals surface area contributed by atoms with E-state index in [9.17, 15) is 4.79 Å². The van der Waals surface area contributed by atoms with E-state index >= 15 is 0 Å². The summed E-state index contributed by atoms with van der Waals surface area (Å²) in [7, 11) is 3.77. The van der Waals surface area contributed by atoms with E-state index in [0.717, 1.165) is 47.0 Å². The van der Waals surface area contributed by atoms with Crippen molar-refractivity contribution in [3.05, 3.63) is 35.0 Å². The molecule has 0 unspecified atom stereocenters. The number of aryl methyl sites for hydroxylation is 1. The van der Waals surface area contributed by atoms with Gasteiger partial charge in [0.2, 0.25) is 5.91 Å². The molecule has 0 spiro atoms. The molecule has 0 atom stereocenters. The van der Waals surface area contributed by atoms with Crippen LogP contribution < -0.4 is 10.6 Å². The molecule has 2 aromatic rings. The van der Waals surface area contributed by atoms with Crippen LogP contribution in [-0.2, 0) is 24.8 Å². The second-order valence-corrected chi connectivity index (χ2v) is 5.91. The van der Waals surface area contributed by atoms with Gasteiger partial charge in [0.1, 0.15) is 0 Å². The SMILES string of the molecule is CNc1ccc(Nc2nn(C)c3c2CN(C(C)=O)CC3)cc1C=N. The zero-order valence-corrected chi connectivity index (χ0v) is 14.2. The molecule has 1 amide bonds. The number of hydrogen-bond acceptors (Lipinski definition) is 5. The van der Waals surface area contributed by atoms with E-state index < -0.39 is 0 Å². The van der Waals surface area contributed by atoms with Crippen LogP contribution in [-0.4, -0.2) is 40.4 Å². The highest BCUT2D eigenvalue weighted by atomic mass is 16.2. The lowest BCUT2D eigenvalue weighted by Gasteiger charge is -2.26. The lowest BCUT2D eigenvalue weighted by molar-refractivity contribution is -0.129. The van der Waals surface area contributed by atoms with Crippen LogP contribution in [0.3, 0.4) is 0 Å². The summed E-state index contributed by atoms with van der Waals surface area (Å²) in [5.74, 6) is 0.853. The second-order valence-electron chi connectivity index (χ2n) is 5.91. The molecule has 0 radical (unpaired) electrons. The number of amides is 1. The molecule has 0 aliphatic carbocycles. The molecule has 0 fully saturated rings. The van der Waals surface area contributed by atoms with Crippen molar-refractivity contribution in [2.24, 2.45) is 7.05 Å². The Hall–Kier alpha value is -2.83. The molecular formula is C17H22N6O. The second kappa shape index (κ2) is 6.35. The number of carbonyl (C=O) groups is 1. The van der Waals surface area contributed by atoms with Crippen LogP contribution in [0.4, 0.5) is 17.2 Å². The molecule has 7 nitrogen and oxygen atoms in total. The summed E-state index contributed by atoms with van der Waals surface area (Å²) in [4.78, 5) is 13.5. The highest BCUT2D eigenvalue weighted by molar-refractivity contribution is 5.88. The third kappa shape index (κ3) is 2.84. The van der Waals surface area contributed by atoms with E-state index in [1.165, 1.54) is 6.21 Å². The van der Waals surface area contributed by atoms with Crippen molar-refractivity contribution < 1.29 is 4.79 Å². The number of nitrogens with zero attached hydrogens (tertiary/aromatic N) is 3. The van der Waals surface area contributed by atoms with Gasteiger partial charge in [-0.1, -0.05) is 0 Å². The van der Waals surface area contributed by atoms with Gasteiger partial charge in [-0.2, -0.15) is 5.10 Å². The maximum absolute atomic E-state index is 11.7. The van der Waals surface area contributed by atoms with Crippen LogP contribution in [0.1, 0.15) is 23.7 Å². The van der Waals surface area contributed by atoms with E-state index in [1.807, 2.05) is 41.9 Å². The maximum atomic E-state index is 11.7. The minimum absolute atomic E-state index is 0.0833. The summed E-state index contributed by atoms with van der Waals surface area (Å²) in [5.41, 5.74) is 4.80. The van der Waals surface area contributed by atoms with Crippen LogP contribution in [0.25, 0.3) is 0 Å². The monoisotopic (exact) mass is 326 g/mol. The third-order valence-corrected chi connectivity index (χ3v) is 4.43. The van der Waals surface area contributed by atoms with Crippen molar-refractivity contribution in [2.45, 2.75) is 19.9 Å². The fourth-order valence-corrected chi connectivity index (χ4v) is 3.09. The zero-order chi connectivity index (χ0) is 17.3. The van der Waals surface area contributed by atoms with Gasteiger partial charge in [0, 0.05) is 68.4 Å². The van der Waals surface area contributed by atoms with Gasteiger partial charge in [0.05, 0.1) is 6.54 Å². The van der Waals surface area contributed by atoms with E-state index in [4.69, 9.17) is 5.41 Å². The van der Waals surface area contributed by atoms with E-state index in [-0.39, 0.29) is 5.91 Å². The number of anilines is 3. The summed E-state index contributed by atoms with van der Waals surface area (Å²) in [5, 5.41) is 18.5. The molecule has 1 aromatic heterocycles. The Morgan fingerprint density at radius 3 is 2.88 bits per heavy atom. The Morgan fingerprint density at radius 2 is 2.21 bits per heavy atom. The van der Waals surface area contributed by atoms with Gasteiger partial charge in [-0.15, -0.1) is 0 Å². The molecule has 7 heteroatoms. The quantitative estimate of drug-likeness (QED) is 0.751. The highest BCUT2D eigenvalue weighted by Gasteiger charge is 2.25. The van der Waals surface area contributed by atoms with Crippen LogP contribution in [0, 0.1) is 5.41 Å². The van der Waals surface area contributed by atoms with Crippen LogP contribution in [0.2, 0.25) is 0 Å². The minimum Gasteiger partial charge on any atom is -0.388 e. The molecule has 24 heavy (non-hydrogen) atoms. The molecular weight excluding hydrogens is 304 g/mol. The predicted octanol–water partition coefficient (Wildman–Crippen LogP) is 2.11. The van der Waals surface area contributed by atoms with Gasteiger partial charge in [-0.3, -0.25) is 9.48 Å². The van der Waals surface area contributed by atoms with Gasteiger partial charge in [-0.05, 0) is 18.2 Å². The summed E-state index contributed by atoms with van der Waals surface area (Å²) in [6.07, 6.45) is 2.13. The highest BCUT2D eigenvalue weighted by Crippen LogP contribution is 2.29. The first kappa shape index (κ1) is 16.0. The van der Waals surface area contributed by atoms with Gasteiger partial charge < -0.3 is 20.9 Å². The number of fused-ring (bicyclic) bond motifs is 1. The fraction of sp³-hybridized carbons (Fsp3) is 0.353. The van der Waals surface area contributed by atoms with Crippen molar-refractivity contribution in [1.29, 1.82) is 5.41 Å². The van der Waals surface area contributed by atoms with Crippen molar-refractivity contribution in [3.8, 4) is 0 Å². The van der Waals surface area contributed by atoms with E-state index in [2.05, 4.69) is 15.7 Å². The molecule has 126 valence electrons. The Balaban J connectivity index is 1.92. The number of aromatic nitrogens is 2. The number of rotatable bonds is 4. The summed E-state index contributed by atoms with van der Waals surface area (Å²) in [6.45, 7) is 2.91. The van der Waals surface area contributed by atoms with Crippen molar-refractivity contribution in [1.82, 2.24) is 14.7 Å². The van der Waals surface area contributed by atoms with Crippen LogP contribution >= 0.6 is 0 Å². The molecule has 3 rings (SSSR count). The Bertz CT molecular complexity index is 795. The molecule has 1 aliphatic heterocycles. The normalized spacial score (nSPS) is 13.4. The Kier molecular flexibility index (Phi) is 4.24. The number of nitrogens with one attached hydrogen (secondary N) is 3. The van der Waals surface area contributed by atoms with E-state index in [1.54, 1.807) is 6.92 Å². The smallest absolute Gasteiger partial charge is 0.219 e. The molecule has 1 aromatic carbocycles. The average Bonchev–Trinajstić information content (AvgIpc) is 2.90. The van der Waals surface area contributed by atoms with Crippen LogP contribution in [0.15, 0.2) is 18.2 Å². The predicted molar refractivity (Wildman–Crippen MR) is 95.2 cm³/mol. The number of carbonyl (C=O) groups excluding carboxylic acids is 1. The van der Waals surface area contributed by atoms with Crippen molar-refractivity contribution in [2.75, 3.05) is 24.2 Å². The average molecular weight is 326 g/mol. The Labute approximate surface area is 141 Å². The first-order valence-corrected chi connectivity index (χ1v) is 7.93. The number of benzene rings is 1. The topological polar surface area (TPSA) is 86.0 Å². The van der Waals surface area contributed by atoms with Crippen LogP contribution in [0.5, 0.6) is 0 Å². The molecule has 0 bridgehead atoms. The van der Waals surface area contributed by atoms with Gasteiger partial charge >= 0.3 is 0 Å². The molecule has 0 saturated carbocycles. The minimum atomic E-state index is 0.0833. The van der Waals surface area contributed by atoms with Crippen molar-refractivity contribution >= 4 is 29.3 Å². The first-order valence-electron chi connectivity index (χ1n) is 7.93. The molecule has 0 saturated heterocycles. The molecule has 1 aliphatic rings. The summed E-state index contributed by atoms with van der Waals surface area (Å²) in [6, 6.07) is 5.79. The molecule has 2 heterocycles. The maximum Gasteiger partial charge on any atom is 0.219 e. The summed E-state index contributed by atoms with van der Waals surface area (Å²) >= 11 is 0. The lowest BCUT2D eigenvalue weighted by atomic mass is 10.1. The number of hydrogen-bond donors (Lipinski definition) is 3. The van der Waals surface area contributed by atoms with Gasteiger partial charge in [0.15, 0.2) is 5.82 Å².